The first-order valence-corrected chi connectivity index (χ1v) is 5.77. The Balaban J connectivity index is 2.69. The molecule has 0 aliphatic rings. The van der Waals surface area contributed by atoms with Gasteiger partial charge in [-0.1, -0.05) is 18.2 Å². The summed E-state index contributed by atoms with van der Waals surface area (Å²) in [5.74, 6) is -1.18. The Bertz CT molecular complexity index is 500. The number of halogens is 3. The molecule has 0 aliphatic heterocycles. The summed E-state index contributed by atoms with van der Waals surface area (Å²) in [5.41, 5.74) is -0.599. The standard InChI is InChI=1S/C13H14F3NO3/c1-8(12(19)20-2)17-11(18)7-9-4-3-5-10(6-9)13(14,15)16/h3-6,8H,7H2,1-2H3,(H,17,18)/t8-/m1/s1. The number of rotatable bonds is 4. The third-order valence-corrected chi connectivity index (χ3v) is 2.55. The molecule has 0 fully saturated rings. The molecular formula is C13H14F3NO3. The van der Waals surface area contributed by atoms with Crippen molar-refractivity contribution < 1.29 is 27.5 Å². The highest BCUT2D eigenvalue weighted by Gasteiger charge is 2.30. The van der Waals surface area contributed by atoms with Gasteiger partial charge in [-0.15, -0.1) is 0 Å². The van der Waals surface area contributed by atoms with E-state index in [1.165, 1.54) is 26.2 Å². The van der Waals surface area contributed by atoms with Crippen molar-refractivity contribution in [3.05, 3.63) is 35.4 Å². The lowest BCUT2D eigenvalue weighted by atomic mass is 10.1. The molecule has 1 aromatic carbocycles. The number of benzene rings is 1. The zero-order valence-electron chi connectivity index (χ0n) is 11.0. The van der Waals surface area contributed by atoms with Crippen molar-refractivity contribution in [3.63, 3.8) is 0 Å². The molecule has 0 saturated carbocycles. The van der Waals surface area contributed by atoms with Crippen molar-refractivity contribution in [2.45, 2.75) is 25.6 Å². The van der Waals surface area contributed by atoms with Gasteiger partial charge in [0, 0.05) is 0 Å². The maximum atomic E-state index is 12.5. The van der Waals surface area contributed by atoms with Crippen LogP contribution in [0.15, 0.2) is 24.3 Å². The van der Waals surface area contributed by atoms with Crippen LogP contribution >= 0.6 is 0 Å². The molecule has 0 unspecified atom stereocenters. The molecule has 1 aromatic rings. The molecule has 1 amide bonds. The first-order chi connectivity index (χ1) is 9.24. The van der Waals surface area contributed by atoms with E-state index < -0.39 is 29.7 Å². The van der Waals surface area contributed by atoms with Crippen molar-refractivity contribution in [2.75, 3.05) is 7.11 Å². The molecule has 1 N–H and O–H groups in total. The minimum Gasteiger partial charge on any atom is -0.467 e. The van der Waals surface area contributed by atoms with Gasteiger partial charge in [-0.25, -0.2) is 4.79 Å². The summed E-state index contributed by atoms with van der Waals surface area (Å²) in [5, 5.41) is 2.34. The number of hydrogen-bond donors (Lipinski definition) is 1. The average Bonchev–Trinajstić information content (AvgIpc) is 2.36. The van der Waals surface area contributed by atoms with Gasteiger partial charge in [-0.2, -0.15) is 13.2 Å². The SMILES string of the molecule is COC(=O)[C@@H](C)NC(=O)Cc1cccc(C(F)(F)F)c1. The largest absolute Gasteiger partial charge is 0.467 e. The zero-order chi connectivity index (χ0) is 15.3. The summed E-state index contributed by atoms with van der Waals surface area (Å²) in [4.78, 5) is 22.7. The van der Waals surface area contributed by atoms with E-state index in [4.69, 9.17) is 0 Å². The van der Waals surface area contributed by atoms with Gasteiger partial charge in [-0.3, -0.25) is 4.79 Å². The van der Waals surface area contributed by atoms with Gasteiger partial charge in [0.1, 0.15) is 6.04 Å². The molecule has 110 valence electrons. The molecule has 0 aromatic heterocycles. The van der Waals surface area contributed by atoms with Crippen molar-refractivity contribution in [1.29, 1.82) is 0 Å². The fraction of sp³-hybridized carbons (Fsp3) is 0.385. The molecule has 0 bridgehead atoms. The summed E-state index contributed by atoms with van der Waals surface area (Å²) >= 11 is 0. The van der Waals surface area contributed by atoms with E-state index in [2.05, 4.69) is 10.1 Å². The molecular weight excluding hydrogens is 275 g/mol. The Hall–Kier alpha value is -2.05. The Morgan fingerprint density at radius 3 is 2.55 bits per heavy atom. The highest BCUT2D eigenvalue weighted by Crippen LogP contribution is 2.29. The lowest BCUT2D eigenvalue weighted by molar-refractivity contribution is -0.144. The number of esters is 1. The lowest BCUT2D eigenvalue weighted by Crippen LogP contribution is -2.39. The highest BCUT2D eigenvalue weighted by atomic mass is 19.4. The summed E-state index contributed by atoms with van der Waals surface area (Å²) < 4.78 is 41.9. The van der Waals surface area contributed by atoms with Crippen LogP contribution in [0.1, 0.15) is 18.1 Å². The highest BCUT2D eigenvalue weighted by molar-refractivity contribution is 5.85. The number of nitrogens with one attached hydrogen (secondary N) is 1. The zero-order valence-corrected chi connectivity index (χ0v) is 11.0. The van der Waals surface area contributed by atoms with E-state index in [0.29, 0.717) is 0 Å². The van der Waals surface area contributed by atoms with Crippen LogP contribution in [-0.4, -0.2) is 25.0 Å². The van der Waals surface area contributed by atoms with E-state index in [1.807, 2.05) is 0 Å². The Morgan fingerprint density at radius 1 is 1.35 bits per heavy atom. The van der Waals surface area contributed by atoms with Crippen LogP contribution in [0.2, 0.25) is 0 Å². The van der Waals surface area contributed by atoms with E-state index >= 15 is 0 Å². The number of ether oxygens (including phenoxy) is 1. The maximum Gasteiger partial charge on any atom is 0.416 e. The number of amides is 1. The fourth-order valence-electron chi connectivity index (χ4n) is 1.57. The van der Waals surface area contributed by atoms with Crippen LogP contribution in [0.5, 0.6) is 0 Å². The van der Waals surface area contributed by atoms with Gasteiger partial charge in [0.05, 0.1) is 19.1 Å². The van der Waals surface area contributed by atoms with Gasteiger partial charge in [0.25, 0.3) is 0 Å². The smallest absolute Gasteiger partial charge is 0.416 e. The van der Waals surface area contributed by atoms with Crippen molar-refractivity contribution in [2.24, 2.45) is 0 Å². The predicted molar refractivity (Wildman–Crippen MR) is 64.8 cm³/mol. The summed E-state index contributed by atoms with van der Waals surface area (Å²) in [6.07, 6.45) is -4.70. The first-order valence-electron chi connectivity index (χ1n) is 5.77. The Morgan fingerprint density at radius 2 is 2.00 bits per heavy atom. The molecule has 0 saturated heterocycles. The second-order valence-corrected chi connectivity index (χ2v) is 4.19. The number of carbonyl (C=O) groups excluding carboxylic acids is 2. The van der Waals surface area contributed by atoms with Gasteiger partial charge in [-0.05, 0) is 18.6 Å². The third kappa shape index (κ3) is 4.56. The van der Waals surface area contributed by atoms with Crippen LogP contribution in [-0.2, 0) is 26.9 Å². The second kappa shape index (κ2) is 6.40. The fourth-order valence-corrected chi connectivity index (χ4v) is 1.57. The van der Waals surface area contributed by atoms with Crippen LogP contribution < -0.4 is 5.32 Å². The summed E-state index contributed by atoms with van der Waals surface area (Å²) in [6.45, 7) is 1.43. The van der Waals surface area contributed by atoms with Crippen molar-refractivity contribution in [3.8, 4) is 0 Å². The van der Waals surface area contributed by atoms with E-state index in [1.54, 1.807) is 0 Å². The van der Waals surface area contributed by atoms with Gasteiger partial charge < -0.3 is 10.1 Å². The minimum absolute atomic E-state index is 0.217. The van der Waals surface area contributed by atoms with Gasteiger partial charge in [0.15, 0.2) is 0 Å². The normalized spacial score (nSPS) is 12.7. The maximum absolute atomic E-state index is 12.5. The molecule has 20 heavy (non-hydrogen) atoms. The number of alkyl halides is 3. The average molecular weight is 289 g/mol. The summed E-state index contributed by atoms with van der Waals surface area (Å²) in [6, 6.07) is 3.63. The van der Waals surface area contributed by atoms with E-state index in [9.17, 15) is 22.8 Å². The molecule has 7 heteroatoms. The molecule has 0 aliphatic carbocycles. The van der Waals surface area contributed by atoms with E-state index in [0.717, 1.165) is 12.1 Å². The molecule has 0 heterocycles. The second-order valence-electron chi connectivity index (χ2n) is 4.19. The topological polar surface area (TPSA) is 55.4 Å². The van der Waals surface area contributed by atoms with Crippen LogP contribution in [0.25, 0.3) is 0 Å². The van der Waals surface area contributed by atoms with Crippen molar-refractivity contribution >= 4 is 11.9 Å². The van der Waals surface area contributed by atoms with Crippen molar-refractivity contribution in [1.82, 2.24) is 5.32 Å². The molecule has 4 nitrogen and oxygen atoms in total. The van der Waals surface area contributed by atoms with Gasteiger partial charge >= 0.3 is 12.1 Å². The van der Waals surface area contributed by atoms with Crippen LogP contribution in [0, 0.1) is 0 Å². The first kappa shape index (κ1) is 16.0. The molecule has 0 radical (unpaired) electrons. The molecule has 1 rings (SSSR count). The quantitative estimate of drug-likeness (QED) is 0.862. The van der Waals surface area contributed by atoms with Gasteiger partial charge in [0.2, 0.25) is 5.91 Å². The molecule has 1 atom stereocenters. The summed E-state index contributed by atoms with van der Waals surface area (Å²) in [7, 11) is 1.18. The van der Waals surface area contributed by atoms with Crippen LogP contribution in [0.3, 0.4) is 0 Å². The molecule has 0 spiro atoms. The Labute approximate surface area is 113 Å². The lowest BCUT2D eigenvalue weighted by Gasteiger charge is -2.12. The monoisotopic (exact) mass is 289 g/mol. The number of carbonyl (C=O) groups is 2. The number of methoxy groups -OCH3 is 1. The van der Waals surface area contributed by atoms with Crippen LogP contribution in [0.4, 0.5) is 13.2 Å². The van der Waals surface area contributed by atoms with E-state index in [-0.39, 0.29) is 12.0 Å². The predicted octanol–water partition coefficient (Wildman–Crippen LogP) is 1.93. The minimum atomic E-state index is -4.45. The Kier molecular flexibility index (Phi) is 5.12. The number of hydrogen-bond acceptors (Lipinski definition) is 3. The third-order valence-electron chi connectivity index (χ3n) is 2.55.